The first-order valence-electron chi connectivity index (χ1n) is 8.74. The lowest BCUT2D eigenvalue weighted by Gasteiger charge is -2.42. The number of ether oxygens (including phenoxy) is 1. The number of piperidine rings is 1. The van der Waals surface area contributed by atoms with Crippen molar-refractivity contribution in [2.75, 3.05) is 13.1 Å². The average Bonchev–Trinajstić information content (AvgIpc) is 2.54. The molecule has 1 aliphatic heterocycles. The highest BCUT2D eigenvalue weighted by Crippen LogP contribution is 2.39. The van der Waals surface area contributed by atoms with Gasteiger partial charge in [0.25, 0.3) is 0 Å². The maximum Gasteiger partial charge on any atom is 0.410 e. The van der Waals surface area contributed by atoms with Gasteiger partial charge in [-0.25, -0.2) is 9.18 Å². The maximum atomic E-state index is 14.0. The second kappa shape index (κ2) is 7.56. The van der Waals surface area contributed by atoms with Gasteiger partial charge in [0.05, 0.1) is 0 Å². The number of Topliss-reactive ketones (excluding diaryl/α,β-unsaturated/α-hetero) is 1. The summed E-state index contributed by atoms with van der Waals surface area (Å²) in [6, 6.07) is 4.68. The van der Waals surface area contributed by atoms with Crippen molar-refractivity contribution in [1.82, 2.24) is 4.90 Å². The SMILES string of the molecule is CC(=O)[C@H]1CN(C(=O)OC(C)(C)C)C[C@@H](C=O)[C@@H]1c1cccc(F)c1C. The van der Waals surface area contributed by atoms with Gasteiger partial charge in [0.15, 0.2) is 0 Å². The summed E-state index contributed by atoms with van der Waals surface area (Å²) in [5.41, 5.74) is 0.405. The van der Waals surface area contributed by atoms with Crippen molar-refractivity contribution in [2.45, 2.75) is 46.1 Å². The fraction of sp³-hybridized carbons (Fsp3) is 0.550. The molecule has 0 bridgehead atoms. The van der Waals surface area contributed by atoms with Crippen LogP contribution in [0, 0.1) is 24.6 Å². The van der Waals surface area contributed by atoms with Crippen LogP contribution in [0.2, 0.25) is 0 Å². The fourth-order valence-corrected chi connectivity index (χ4v) is 3.51. The number of halogens is 1. The molecule has 1 saturated heterocycles. The van der Waals surface area contributed by atoms with E-state index < -0.39 is 29.4 Å². The summed E-state index contributed by atoms with van der Waals surface area (Å²) >= 11 is 0. The molecule has 1 aromatic rings. The molecular weight excluding hydrogens is 337 g/mol. The Bertz CT molecular complexity index is 710. The van der Waals surface area contributed by atoms with Gasteiger partial charge in [-0.2, -0.15) is 0 Å². The number of hydrogen-bond acceptors (Lipinski definition) is 4. The summed E-state index contributed by atoms with van der Waals surface area (Å²) < 4.78 is 19.4. The van der Waals surface area contributed by atoms with Gasteiger partial charge in [0.2, 0.25) is 0 Å². The zero-order chi connectivity index (χ0) is 19.6. The van der Waals surface area contributed by atoms with E-state index in [1.807, 2.05) is 0 Å². The molecule has 0 spiro atoms. The largest absolute Gasteiger partial charge is 0.444 e. The van der Waals surface area contributed by atoms with Crippen molar-refractivity contribution in [2.24, 2.45) is 11.8 Å². The summed E-state index contributed by atoms with van der Waals surface area (Å²) in [4.78, 5) is 37.9. The van der Waals surface area contributed by atoms with Crippen molar-refractivity contribution >= 4 is 18.2 Å². The number of carbonyl (C=O) groups excluding carboxylic acids is 3. The van der Waals surface area contributed by atoms with E-state index in [0.29, 0.717) is 11.1 Å². The predicted octanol–water partition coefficient (Wildman–Crippen LogP) is 3.49. The smallest absolute Gasteiger partial charge is 0.410 e. The highest BCUT2D eigenvalue weighted by Gasteiger charge is 2.43. The third kappa shape index (κ3) is 4.29. The molecular formula is C20H26FNO4. The monoisotopic (exact) mass is 363 g/mol. The summed E-state index contributed by atoms with van der Waals surface area (Å²) in [6.45, 7) is 8.64. The van der Waals surface area contributed by atoms with E-state index in [4.69, 9.17) is 4.74 Å². The van der Waals surface area contributed by atoms with Crippen LogP contribution in [0.3, 0.4) is 0 Å². The van der Waals surface area contributed by atoms with E-state index in [9.17, 15) is 18.8 Å². The first kappa shape index (κ1) is 20.1. The van der Waals surface area contributed by atoms with Crippen molar-refractivity contribution in [1.29, 1.82) is 0 Å². The van der Waals surface area contributed by atoms with Crippen LogP contribution < -0.4 is 0 Å². The number of benzene rings is 1. The molecule has 26 heavy (non-hydrogen) atoms. The molecule has 0 N–H and O–H groups in total. The summed E-state index contributed by atoms with van der Waals surface area (Å²) in [5, 5.41) is 0. The van der Waals surface area contributed by atoms with Crippen molar-refractivity contribution in [3.8, 4) is 0 Å². The van der Waals surface area contributed by atoms with Crippen molar-refractivity contribution in [3.05, 3.63) is 35.1 Å². The summed E-state index contributed by atoms with van der Waals surface area (Å²) in [7, 11) is 0. The molecule has 1 amide bonds. The van der Waals surface area contributed by atoms with E-state index in [0.717, 1.165) is 6.29 Å². The molecule has 6 heteroatoms. The van der Waals surface area contributed by atoms with Crippen LogP contribution in [-0.2, 0) is 14.3 Å². The number of likely N-dealkylation sites (tertiary alicyclic amines) is 1. The van der Waals surface area contributed by atoms with Gasteiger partial charge in [0, 0.05) is 30.8 Å². The number of ketones is 1. The van der Waals surface area contributed by atoms with Gasteiger partial charge >= 0.3 is 6.09 Å². The van der Waals surface area contributed by atoms with Gasteiger partial charge in [0.1, 0.15) is 23.5 Å². The molecule has 0 aromatic heterocycles. The number of carbonyl (C=O) groups is 3. The Kier molecular flexibility index (Phi) is 5.84. The van der Waals surface area contributed by atoms with Crippen LogP contribution in [0.4, 0.5) is 9.18 Å². The number of aldehydes is 1. The molecule has 1 aromatic carbocycles. The summed E-state index contributed by atoms with van der Waals surface area (Å²) in [6.07, 6.45) is 0.201. The molecule has 0 radical (unpaired) electrons. The molecule has 142 valence electrons. The minimum Gasteiger partial charge on any atom is -0.444 e. The highest BCUT2D eigenvalue weighted by molar-refractivity contribution is 5.82. The van der Waals surface area contributed by atoms with Gasteiger partial charge in [-0.1, -0.05) is 12.1 Å². The second-order valence-electron chi connectivity index (χ2n) is 7.88. The van der Waals surface area contributed by atoms with Crippen LogP contribution in [-0.4, -0.2) is 41.8 Å². The maximum absolute atomic E-state index is 14.0. The Morgan fingerprint density at radius 3 is 2.46 bits per heavy atom. The van der Waals surface area contributed by atoms with Gasteiger partial charge < -0.3 is 14.4 Å². The van der Waals surface area contributed by atoms with E-state index in [1.54, 1.807) is 39.8 Å². The second-order valence-corrected chi connectivity index (χ2v) is 7.88. The Labute approximate surface area is 153 Å². The van der Waals surface area contributed by atoms with Crippen LogP contribution >= 0.6 is 0 Å². The number of amides is 1. The first-order chi connectivity index (χ1) is 12.0. The minimum absolute atomic E-state index is 0.140. The standard InChI is InChI=1S/C20H26FNO4/c1-12-15(7-6-8-17(12)21)18-14(11-23)9-22(10-16(18)13(2)24)19(25)26-20(3,4)5/h6-8,11,14,16,18H,9-10H2,1-5H3/t14-,16+,18+/m0/s1. The van der Waals surface area contributed by atoms with Crippen LogP contribution in [0.1, 0.15) is 44.7 Å². The third-order valence-electron chi connectivity index (χ3n) is 4.76. The van der Waals surface area contributed by atoms with Gasteiger partial charge in [-0.05, 0) is 51.8 Å². The third-order valence-corrected chi connectivity index (χ3v) is 4.76. The Balaban J connectivity index is 2.39. The van der Waals surface area contributed by atoms with E-state index in [-0.39, 0.29) is 24.7 Å². The predicted molar refractivity (Wildman–Crippen MR) is 95.4 cm³/mol. The zero-order valence-electron chi connectivity index (χ0n) is 15.9. The Morgan fingerprint density at radius 1 is 1.27 bits per heavy atom. The minimum atomic E-state index is -0.671. The molecule has 0 unspecified atom stereocenters. The highest BCUT2D eigenvalue weighted by atomic mass is 19.1. The van der Waals surface area contributed by atoms with Crippen LogP contribution in [0.5, 0.6) is 0 Å². The molecule has 1 fully saturated rings. The quantitative estimate of drug-likeness (QED) is 0.771. The van der Waals surface area contributed by atoms with Crippen LogP contribution in [0.25, 0.3) is 0 Å². The Hall–Kier alpha value is -2.24. The number of nitrogens with zero attached hydrogens (tertiary/aromatic N) is 1. The lowest BCUT2D eigenvalue weighted by Crippen LogP contribution is -2.51. The number of rotatable bonds is 3. The zero-order valence-corrected chi connectivity index (χ0v) is 15.9. The van der Waals surface area contributed by atoms with E-state index in [2.05, 4.69) is 0 Å². The molecule has 1 aliphatic rings. The average molecular weight is 363 g/mol. The lowest BCUT2D eigenvalue weighted by molar-refractivity contribution is -0.125. The van der Waals surface area contributed by atoms with E-state index in [1.165, 1.54) is 17.9 Å². The molecule has 5 nitrogen and oxygen atoms in total. The molecule has 0 aliphatic carbocycles. The van der Waals surface area contributed by atoms with E-state index >= 15 is 0 Å². The molecule has 3 atom stereocenters. The van der Waals surface area contributed by atoms with Gasteiger partial charge in [-0.15, -0.1) is 0 Å². The Morgan fingerprint density at radius 2 is 1.92 bits per heavy atom. The summed E-state index contributed by atoms with van der Waals surface area (Å²) in [5.74, 6) is -2.17. The van der Waals surface area contributed by atoms with Crippen molar-refractivity contribution in [3.63, 3.8) is 0 Å². The molecule has 1 heterocycles. The fourth-order valence-electron chi connectivity index (χ4n) is 3.51. The van der Waals surface area contributed by atoms with Crippen molar-refractivity contribution < 1.29 is 23.5 Å². The van der Waals surface area contributed by atoms with Crippen LogP contribution in [0.15, 0.2) is 18.2 Å². The lowest BCUT2D eigenvalue weighted by atomic mass is 9.71. The normalized spacial score (nSPS) is 23.5. The molecule has 0 saturated carbocycles. The topological polar surface area (TPSA) is 63.7 Å². The molecule has 2 rings (SSSR count). The number of hydrogen-bond donors (Lipinski definition) is 0. The van der Waals surface area contributed by atoms with Gasteiger partial charge in [-0.3, -0.25) is 4.79 Å². The first-order valence-corrected chi connectivity index (χ1v) is 8.74.